The highest BCUT2D eigenvalue weighted by Crippen LogP contribution is 2.27. The molecule has 0 aliphatic heterocycles. The summed E-state index contributed by atoms with van der Waals surface area (Å²) in [6, 6.07) is 23.0. The Morgan fingerprint density at radius 1 is 0.879 bits per heavy atom. The van der Waals surface area contributed by atoms with Crippen molar-refractivity contribution >= 4 is 11.9 Å². The number of nitrogens with one attached hydrogen (secondary N) is 1. The Hall–Kier alpha value is -3.44. The molecule has 0 fully saturated rings. The minimum atomic E-state index is -1.04. The molecule has 0 saturated carbocycles. The maximum absolute atomic E-state index is 12.7. The van der Waals surface area contributed by atoms with Gasteiger partial charge in [-0.15, -0.1) is 0 Å². The van der Waals surface area contributed by atoms with Crippen LogP contribution in [0.2, 0.25) is 0 Å². The number of benzene rings is 3. The highest BCUT2D eigenvalue weighted by Gasteiger charge is 2.18. The lowest BCUT2D eigenvalue weighted by molar-refractivity contribution is -0.138. The molecule has 0 aromatic heterocycles. The molecule has 0 spiro atoms. The summed E-state index contributed by atoms with van der Waals surface area (Å²) in [6.45, 7) is 6.93. The van der Waals surface area contributed by atoms with E-state index >= 15 is 0 Å². The van der Waals surface area contributed by atoms with Gasteiger partial charge in [-0.3, -0.25) is 9.59 Å². The summed E-state index contributed by atoms with van der Waals surface area (Å²) in [5, 5.41) is 12.0. The molecule has 33 heavy (non-hydrogen) atoms. The van der Waals surface area contributed by atoms with Gasteiger partial charge < -0.3 is 16.2 Å². The van der Waals surface area contributed by atoms with Crippen LogP contribution in [0.25, 0.3) is 11.1 Å². The molecule has 3 aromatic carbocycles. The Bertz CT molecular complexity index is 1070. The van der Waals surface area contributed by atoms with Crippen LogP contribution in [0.4, 0.5) is 0 Å². The molecule has 0 aliphatic rings. The van der Waals surface area contributed by atoms with E-state index in [0.29, 0.717) is 18.0 Å². The van der Waals surface area contributed by atoms with Gasteiger partial charge in [-0.2, -0.15) is 0 Å². The van der Waals surface area contributed by atoms with Gasteiger partial charge in [0.25, 0.3) is 5.91 Å². The fourth-order valence-corrected chi connectivity index (χ4v) is 3.85. The SMILES string of the molecule is Cc1ccc(-c2ccc([C@H](CNC(=O)c3ccc(C[C@H](N)C(=O)O)cc3)C(C)C)cc2)cc1. The smallest absolute Gasteiger partial charge is 0.320 e. The van der Waals surface area contributed by atoms with E-state index in [2.05, 4.69) is 74.6 Å². The van der Waals surface area contributed by atoms with E-state index in [4.69, 9.17) is 10.8 Å². The third-order valence-electron chi connectivity index (χ3n) is 6.00. The average Bonchev–Trinajstić information content (AvgIpc) is 2.80. The van der Waals surface area contributed by atoms with Gasteiger partial charge in [0.05, 0.1) is 0 Å². The third-order valence-corrected chi connectivity index (χ3v) is 6.00. The molecule has 0 unspecified atom stereocenters. The van der Waals surface area contributed by atoms with E-state index in [9.17, 15) is 9.59 Å². The zero-order valence-electron chi connectivity index (χ0n) is 19.4. The van der Waals surface area contributed by atoms with Crippen LogP contribution >= 0.6 is 0 Å². The largest absolute Gasteiger partial charge is 0.480 e. The molecular weight excluding hydrogens is 412 g/mol. The Morgan fingerprint density at radius 3 is 1.94 bits per heavy atom. The lowest BCUT2D eigenvalue weighted by atomic mass is 9.87. The summed E-state index contributed by atoms with van der Waals surface area (Å²) in [5.41, 5.74) is 11.7. The van der Waals surface area contributed by atoms with Gasteiger partial charge in [-0.1, -0.05) is 80.1 Å². The van der Waals surface area contributed by atoms with Crippen molar-refractivity contribution < 1.29 is 14.7 Å². The van der Waals surface area contributed by atoms with Crippen molar-refractivity contribution in [2.45, 2.75) is 39.2 Å². The third kappa shape index (κ3) is 6.53. The molecule has 5 heteroatoms. The molecular formula is C28H32N2O3. The first-order valence-corrected chi connectivity index (χ1v) is 11.3. The van der Waals surface area contributed by atoms with Gasteiger partial charge >= 0.3 is 5.97 Å². The molecule has 1 amide bonds. The second-order valence-electron chi connectivity index (χ2n) is 8.89. The number of rotatable bonds is 9. The number of carbonyl (C=O) groups is 2. The van der Waals surface area contributed by atoms with Crippen molar-refractivity contribution in [1.29, 1.82) is 0 Å². The molecule has 4 N–H and O–H groups in total. The van der Waals surface area contributed by atoms with Crippen LogP contribution in [0.3, 0.4) is 0 Å². The number of hydrogen-bond donors (Lipinski definition) is 3. The number of carbonyl (C=O) groups excluding carboxylic acids is 1. The van der Waals surface area contributed by atoms with Crippen molar-refractivity contribution in [3.8, 4) is 11.1 Å². The first-order valence-electron chi connectivity index (χ1n) is 11.3. The minimum absolute atomic E-state index is 0.147. The van der Waals surface area contributed by atoms with Crippen molar-refractivity contribution in [1.82, 2.24) is 5.32 Å². The number of amides is 1. The quantitative estimate of drug-likeness (QED) is 0.443. The maximum Gasteiger partial charge on any atom is 0.320 e. The highest BCUT2D eigenvalue weighted by atomic mass is 16.4. The van der Waals surface area contributed by atoms with Crippen molar-refractivity contribution in [2.75, 3.05) is 6.54 Å². The Balaban J connectivity index is 1.63. The van der Waals surface area contributed by atoms with Crippen LogP contribution in [-0.4, -0.2) is 29.6 Å². The molecule has 0 saturated heterocycles. The van der Waals surface area contributed by atoms with Crippen molar-refractivity contribution in [3.05, 3.63) is 95.1 Å². The van der Waals surface area contributed by atoms with Gasteiger partial charge in [0.1, 0.15) is 6.04 Å². The van der Waals surface area contributed by atoms with E-state index in [1.54, 1.807) is 24.3 Å². The summed E-state index contributed by atoms with van der Waals surface area (Å²) in [6.07, 6.45) is 0.227. The standard InChI is InChI=1S/C28H32N2O3/c1-18(2)25(23-14-12-22(13-15-23)21-8-4-19(3)5-9-21)17-30-27(31)24-10-6-20(7-11-24)16-26(29)28(32)33/h4-15,18,25-26H,16-17,29H2,1-3H3,(H,30,31)(H,32,33)/t25-,26+/m1/s1. The van der Waals surface area contributed by atoms with Crippen molar-refractivity contribution in [2.24, 2.45) is 11.7 Å². The zero-order valence-corrected chi connectivity index (χ0v) is 19.4. The Kier molecular flexibility index (Phi) is 8.01. The van der Waals surface area contributed by atoms with E-state index in [-0.39, 0.29) is 18.2 Å². The molecule has 3 rings (SSSR count). The van der Waals surface area contributed by atoms with E-state index < -0.39 is 12.0 Å². The number of carboxylic acid groups (broad SMARTS) is 1. The van der Waals surface area contributed by atoms with Crippen LogP contribution in [0, 0.1) is 12.8 Å². The molecule has 172 valence electrons. The van der Waals surface area contributed by atoms with E-state index in [1.165, 1.54) is 22.3 Å². The Labute approximate surface area is 195 Å². The number of aliphatic carboxylic acids is 1. The topological polar surface area (TPSA) is 92.4 Å². The van der Waals surface area contributed by atoms with Crippen LogP contribution in [0.15, 0.2) is 72.8 Å². The summed E-state index contributed by atoms with van der Waals surface area (Å²) >= 11 is 0. The fourth-order valence-electron chi connectivity index (χ4n) is 3.85. The molecule has 0 aliphatic carbocycles. The second-order valence-corrected chi connectivity index (χ2v) is 8.89. The number of nitrogens with two attached hydrogens (primary N) is 1. The summed E-state index contributed by atoms with van der Waals surface area (Å²) in [4.78, 5) is 23.6. The van der Waals surface area contributed by atoms with Gasteiger partial charge in [-0.05, 0) is 53.6 Å². The van der Waals surface area contributed by atoms with E-state index in [1.807, 2.05) is 0 Å². The molecule has 0 bridgehead atoms. The first kappa shape index (κ1) is 24.2. The molecule has 0 heterocycles. The predicted octanol–water partition coefficient (Wildman–Crippen LogP) is 4.79. The van der Waals surface area contributed by atoms with Crippen LogP contribution in [-0.2, 0) is 11.2 Å². The average molecular weight is 445 g/mol. The number of aryl methyl sites for hydroxylation is 1. The minimum Gasteiger partial charge on any atom is -0.480 e. The molecule has 0 radical (unpaired) electrons. The molecule has 5 nitrogen and oxygen atoms in total. The number of carboxylic acids is 1. The summed E-state index contributed by atoms with van der Waals surface area (Å²) in [5.74, 6) is -0.640. The Morgan fingerprint density at radius 2 is 1.42 bits per heavy atom. The van der Waals surface area contributed by atoms with Crippen molar-refractivity contribution in [3.63, 3.8) is 0 Å². The fraction of sp³-hybridized carbons (Fsp3) is 0.286. The maximum atomic E-state index is 12.7. The monoisotopic (exact) mass is 444 g/mol. The summed E-state index contributed by atoms with van der Waals surface area (Å²) < 4.78 is 0. The van der Waals surface area contributed by atoms with Gasteiger partial charge in [0.15, 0.2) is 0 Å². The molecule has 2 atom stereocenters. The van der Waals surface area contributed by atoms with Gasteiger partial charge in [-0.25, -0.2) is 0 Å². The summed E-state index contributed by atoms with van der Waals surface area (Å²) in [7, 11) is 0. The molecule has 3 aromatic rings. The van der Waals surface area contributed by atoms with Crippen LogP contribution < -0.4 is 11.1 Å². The predicted molar refractivity (Wildman–Crippen MR) is 132 cm³/mol. The second kappa shape index (κ2) is 10.9. The lowest BCUT2D eigenvalue weighted by Gasteiger charge is -2.22. The normalized spacial score (nSPS) is 12.9. The van der Waals surface area contributed by atoms with Gasteiger partial charge in [0.2, 0.25) is 0 Å². The zero-order chi connectivity index (χ0) is 24.0. The highest BCUT2D eigenvalue weighted by molar-refractivity contribution is 5.94. The van der Waals surface area contributed by atoms with E-state index in [0.717, 1.165) is 5.56 Å². The number of hydrogen-bond acceptors (Lipinski definition) is 3. The van der Waals surface area contributed by atoms with Crippen LogP contribution in [0.1, 0.15) is 46.8 Å². The van der Waals surface area contributed by atoms with Gasteiger partial charge in [0, 0.05) is 18.0 Å². The van der Waals surface area contributed by atoms with Crippen LogP contribution in [0.5, 0.6) is 0 Å². The lowest BCUT2D eigenvalue weighted by Crippen LogP contribution is -2.32. The first-order chi connectivity index (χ1) is 15.7.